The second-order valence-corrected chi connectivity index (χ2v) is 9.67. The summed E-state index contributed by atoms with van der Waals surface area (Å²) < 4.78 is 6.12. The number of hydrogen-bond acceptors (Lipinski definition) is 3. The summed E-state index contributed by atoms with van der Waals surface area (Å²) >= 11 is 0. The highest BCUT2D eigenvalue weighted by Crippen LogP contribution is 2.27. The largest absolute Gasteiger partial charge is 0.481 e. The van der Waals surface area contributed by atoms with Gasteiger partial charge in [0.25, 0.3) is 5.91 Å². The van der Waals surface area contributed by atoms with Crippen LogP contribution in [0.15, 0.2) is 42.5 Å². The highest BCUT2D eigenvalue weighted by Gasteiger charge is 2.22. The number of carbonyl (C=O) groups is 1. The van der Waals surface area contributed by atoms with Crippen molar-refractivity contribution in [3.63, 3.8) is 0 Å². The van der Waals surface area contributed by atoms with E-state index in [1.165, 1.54) is 42.5 Å². The van der Waals surface area contributed by atoms with Crippen molar-refractivity contribution < 1.29 is 9.53 Å². The molecule has 0 unspecified atom stereocenters. The van der Waals surface area contributed by atoms with E-state index >= 15 is 0 Å². The van der Waals surface area contributed by atoms with E-state index in [0.29, 0.717) is 6.42 Å². The van der Waals surface area contributed by atoms with Gasteiger partial charge in [0.2, 0.25) is 0 Å². The first-order chi connectivity index (χ1) is 15.5. The molecule has 2 aromatic rings. The zero-order valence-corrected chi connectivity index (χ0v) is 19.9. The lowest BCUT2D eigenvalue weighted by atomic mass is 9.92. The van der Waals surface area contributed by atoms with E-state index in [9.17, 15) is 4.79 Å². The van der Waals surface area contributed by atoms with E-state index in [2.05, 4.69) is 53.5 Å². The van der Waals surface area contributed by atoms with Gasteiger partial charge in [0.15, 0.2) is 6.10 Å². The van der Waals surface area contributed by atoms with Crippen LogP contribution in [0.25, 0.3) is 0 Å². The topological polar surface area (TPSA) is 41.6 Å². The summed E-state index contributed by atoms with van der Waals surface area (Å²) in [4.78, 5) is 15.4. The number of carbonyl (C=O) groups excluding carboxylic acids is 1. The third kappa shape index (κ3) is 5.46. The highest BCUT2D eigenvalue weighted by atomic mass is 16.5. The molecule has 1 heterocycles. The van der Waals surface area contributed by atoms with Gasteiger partial charge >= 0.3 is 0 Å². The first-order valence-electron chi connectivity index (χ1n) is 12.5. The van der Waals surface area contributed by atoms with Gasteiger partial charge in [0.1, 0.15) is 5.75 Å². The Bertz CT molecular complexity index is 908. The molecular weight excluding hydrogens is 396 g/mol. The van der Waals surface area contributed by atoms with E-state index in [4.69, 9.17) is 4.74 Å². The van der Waals surface area contributed by atoms with Gasteiger partial charge in [-0.05, 0) is 98.7 Å². The number of aryl methyl sites for hydroxylation is 2. The maximum atomic E-state index is 13.0. The van der Waals surface area contributed by atoms with Gasteiger partial charge < -0.3 is 15.0 Å². The Hall–Kier alpha value is -2.49. The van der Waals surface area contributed by atoms with Crippen LogP contribution in [0.4, 0.5) is 5.69 Å². The van der Waals surface area contributed by atoms with E-state index in [0.717, 1.165) is 43.2 Å². The Balaban J connectivity index is 1.35. The molecule has 4 heteroatoms. The number of anilines is 1. The number of piperidine rings is 1. The van der Waals surface area contributed by atoms with Crippen molar-refractivity contribution in [2.45, 2.75) is 77.9 Å². The number of nitrogens with zero attached hydrogens (tertiary/aromatic N) is 1. The van der Waals surface area contributed by atoms with Crippen LogP contribution in [0.1, 0.15) is 75.6 Å². The second kappa shape index (κ2) is 10.4. The molecule has 1 saturated heterocycles. The third-order valence-electron chi connectivity index (χ3n) is 7.04. The van der Waals surface area contributed by atoms with Gasteiger partial charge in [-0.2, -0.15) is 0 Å². The van der Waals surface area contributed by atoms with Gasteiger partial charge in [-0.25, -0.2) is 0 Å². The normalized spacial score (nSPS) is 20.2. The van der Waals surface area contributed by atoms with E-state index in [1.807, 2.05) is 19.9 Å². The Morgan fingerprint density at radius 2 is 1.84 bits per heavy atom. The number of amides is 1. The Kier molecular flexibility index (Phi) is 7.39. The SMILES string of the molecule is CC[C@H](Oc1ccc2c(c1)CCCC2)C(=O)N[C@@H](C)c1ccc(N2CCC[C@H](C)C2)cc1. The number of ether oxygens (including phenoxy) is 1. The molecule has 2 aliphatic rings. The molecule has 2 aromatic carbocycles. The molecule has 0 aromatic heterocycles. The van der Waals surface area contributed by atoms with Crippen molar-refractivity contribution in [2.75, 3.05) is 18.0 Å². The van der Waals surface area contributed by atoms with Crippen LogP contribution < -0.4 is 15.0 Å². The molecule has 0 saturated carbocycles. The fourth-order valence-electron chi connectivity index (χ4n) is 5.06. The Labute approximate surface area is 193 Å². The predicted molar refractivity (Wildman–Crippen MR) is 131 cm³/mol. The summed E-state index contributed by atoms with van der Waals surface area (Å²) in [5.41, 5.74) is 5.20. The van der Waals surface area contributed by atoms with Crippen LogP contribution >= 0.6 is 0 Å². The number of hydrogen-bond donors (Lipinski definition) is 1. The summed E-state index contributed by atoms with van der Waals surface area (Å²) in [6, 6.07) is 14.9. The minimum atomic E-state index is -0.479. The van der Waals surface area contributed by atoms with Crippen LogP contribution in [-0.4, -0.2) is 25.1 Å². The number of fused-ring (bicyclic) bond motifs is 1. The fraction of sp³-hybridized carbons (Fsp3) is 0.536. The molecule has 0 bridgehead atoms. The molecule has 1 amide bonds. The van der Waals surface area contributed by atoms with Gasteiger partial charge in [-0.1, -0.05) is 32.0 Å². The van der Waals surface area contributed by atoms with Crippen LogP contribution in [0.3, 0.4) is 0 Å². The number of benzene rings is 2. The summed E-state index contributed by atoms with van der Waals surface area (Å²) in [5.74, 6) is 1.51. The van der Waals surface area contributed by atoms with Crippen LogP contribution in [-0.2, 0) is 17.6 Å². The number of nitrogens with one attached hydrogen (secondary N) is 1. The van der Waals surface area contributed by atoms with E-state index in [1.54, 1.807) is 0 Å². The first-order valence-corrected chi connectivity index (χ1v) is 12.5. The van der Waals surface area contributed by atoms with Crippen LogP contribution in [0.5, 0.6) is 5.75 Å². The summed E-state index contributed by atoms with van der Waals surface area (Å²) in [5, 5.41) is 3.16. The molecular formula is C28H38N2O2. The first kappa shape index (κ1) is 22.7. The second-order valence-electron chi connectivity index (χ2n) is 9.67. The van der Waals surface area contributed by atoms with Gasteiger partial charge in [0.05, 0.1) is 6.04 Å². The summed E-state index contributed by atoms with van der Waals surface area (Å²) in [6.45, 7) is 8.63. The predicted octanol–water partition coefficient (Wildman–Crippen LogP) is 5.84. The van der Waals surface area contributed by atoms with Crippen molar-refractivity contribution >= 4 is 11.6 Å². The average molecular weight is 435 g/mol. The van der Waals surface area contributed by atoms with Crippen molar-refractivity contribution in [1.82, 2.24) is 5.32 Å². The van der Waals surface area contributed by atoms with Crippen molar-refractivity contribution in [3.05, 3.63) is 59.2 Å². The molecule has 1 aliphatic carbocycles. The molecule has 1 aliphatic heterocycles. The molecule has 1 fully saturated rings. The third-order valence-corrected chi connectivity index (χ3v) is 7.04. The highest BCUT2D eigenvalue weighted by molar-refractivity contribution is 5.81. The molecule has 0 radical (unpaired) electrons. The van der Waals surface area contributed by atoms with Crippen molar-refractivity contribution in [2.24, 2.45) is 5.92 Å². The van der Waals surface area contributed by atoms with Gasteiger partial charge in [-0.15, -0.1) is 0 Å². The van der Waals surface area contributed by atoms with E-state index in [-0.39, 0.29) is 11.9 Å². The monoisotopic (exact) mass is 434 g/mol. The smallest absolute Gasteiger partial charge is 0.261 e. The molecule has 0 spiro atoms. The van der Waals surface area contributed by atoms with Crippen LogP contribution in [0.2, 0.25) is 0 Å². The minimum Gasteiger partial charge on any atom is -0.481 e. The molecule has 3 atom stereocenters. The van der Waals surface area contributed by atoms with Crippen LogP contribution in [0, 0.1) is 5.92 Å². The number of rotatable bonds is 7. The average Bonchev–Trinajstić information content (AvgIpc) is 2.82. The van der Waals surface area contributed by atoms with E-state index < -0.39 is 6.10 Å². The maximum absolute atomic E-state index is 13.0. The fourth-order valence-corrected chi connectivity index (χ4v) is 5.06. The lowest BCUT2D eigenvalue weighted by Gasteiger charge is -2.33. The molecule has 172 valence electrons. The Morgan fingerprint density at radius 1 is 1.09 bits per heavy atom. The maximum Gasteiger partial charge on any atom is 0.261 e. The standard InChI is InChI=1S/C28H38N2O2/c1-4-27(32-26-16-13-23-9-5-6-10-24(23)18-26)28(31)29-21(3)22-11-14-25(15-12-22)30-17-7-8-20(2)19-30/h11-16,18,20-21,27H,4-10,17,19H2,1-3H3,(H,29,31)/t20-,21-,27-/m0/s1. The zero-order chi connectivity index (χ0) is 22.5. The Morgan fingerprint density at radius 3 is 2.56 bits per heavy atom. The lowest BCUT2D eigenvalue weighted by molar-refractivity contribution is -0.128. The summed E-state index contributed by atoms with van der Waals surface area (Å²) in [6.07, 6.45) is 7.51. The lowest BCUT2D eigenvalue weighted by Crippen LogP contribution is -2.39. The zero-order valence-electron chi connectivity index (χ0n) is 19.9. The quantitative estimate of drug-likeness (QED) is 0.595. The molecule has 1 N–H and O–H groups in total. The minimum absolute atomic E-state index is 0.0494. The summed E-state index contributed by atoms with van der Waals surface area (Å²) in [7, 11) is 0. The molecule has 4 rings (SSSR count). The van der Waals surface area contributed by atoms with Gasteiger partial charge in [-0.3, -0.25) is 4.79 Å². The van der Waals surface area contributed by atoms with Gasteiger partial charge in [0, 0.05) is 18.8 Å². The van der Waals surface area contributed by atoms with Crippen molar-refractivity contribution in [3.8, 4) is 5.75 Å². The molecule has 32 heavy (non-hydrogen) atoms. The molecule has 4 nitrogen and oxygen atoms in total. The van der Waals surface area contributed by atoms with Crippen molar-refractivity contribution in [1.29, 1.82) is 0 Å².